The lowest BCUT2D eigenvalue weighted by molar-refractivity contribution is -0.110. The number of benzene rings is 2. The average molecular weight is 330 g/mol. The Kier molecular flexibility index (Phi) is 6.25. The van der Waals surface area contributed by atoms with Crippen LogP contribution in [0.4, 0.5) is 0 Å². The molecule has 0 heterocycles. The van der Waals surface area contributed by atoms with Crippen molar-refractivity contribution in [2.75, 3.05) is 0 Å². The Morgan fingerprint density at radius 3 is 2.65 bits per heavy atom. The number of aliphatic hydroxyl groups is 1. The Labute approximate surface area is 141 Å². The summed E-state index contributed by atoms with van der Waals surface area (Å²) in [4.78, 5) is 12.6. The SMILES string of the molecule is CCC(=O)Sc1cccc(CO)c1COc1ccc(C)cc1C. The predicted octanol–water partition coefficient (Wildman–Crippen LogP) is 4.40. The molecule has 0 atom stereocenters. The second kappa shape index (κ2) is 8.18. The first-order valence-corrected chi connectivity index (χ1v) is 8.49. The first kappa shape index (κ1) is 17.6. The fourth-order valence-electron chi connectivity index (χ4n) is 2.32. The van der Waals surface area contributed by atoms with Gasteiger partial charge in [0.15, 0.2) is 5.12 Å². The molecule has 23 heavy (non-hydrogen) atoms. The molecule has 0 bridgehead atoms. The van der Waals surface area contributed by atoms with Gasteiger partial charge in [-0.05, 0) is 37.1 Å². The van der Waals surface area contributed by atoms with E-state index in [1.165, 1.54) is 17.3 Å². The van der Waals surface area contributed by atoms with Gasteiger partial charge in [-0.25, -0.2) is 0 Å². The molecular weight excluding hydrogens is 308 g/mol. The van der Waals surface area contributed by atoms with E-state index in [1.54, 1.807) is 0 Å². The van der Waals surface area contributed by atoms with Crippen molar-refractivity contribution in [2.24, 2.45) is 0 Å². The largest absolute Gasteiger partial charge is 0.489 e. The third kappa shape index (κ3) is 4.60. The maximum atomic E-state index is 11.8. The molecule has 0 radical (unpaired) electrons. The minimum atomic E-state index is -0.0692. The highest BCUT2D eigenvalue weighted by Crippen LogP contribution is 2.29. The first-order chi connectivity index (χ1) is 11.0. The number of carbonyl (C=O) groups excluding carboxylic acids is 1. The van der Waals surface area contributed by atoms with Gasteiger partial charge in [0.05, 0.1) is 6.61 Å². The molecular formula is C19H22O3S. The normalized spacial score (nSPS) is 10.6. The van der Waals surface area contributed by atoms with Gasteiger partial charge in [0.25, 0.3) is 0 Å². The van der Waals surface area contributed by atoms with Crippen LogP contribution in [-0.2, 0) is 18.0 Å². The van der Waals surface area contributed by atoms with Gasteiger partial charge in [-0.2, -0.15) is 0 Å². The molecule has 1 N–H and O–H groups in total. The highest BCUT2D eigenvalue weighted by atomic mass is 32.2. The Balaban J connectivity index is 2.24. The number of aliphatic hydroxyl groups excluding tert-OH is 1. The number of hydrogen-bond donors (Lipinski definition) is 1. The molecule has 2 aromatic carbocycles. The van der Waals surface area contributed by atoms with Crippen LogP contribution in [0.15, 0.2) is 41.3 Å². The van der Waals surface area contributed by atoms with Gasteiger partial charge in [-0.3, -0.25) is 4.79 Å². The van der Waals surface area contributed by atoms with E-state index in [4.69, 9.17) is 4.74 Å². The Morgan fingerprint density at radius 1 is 1.22 bits per heavy atom. The number of aryl methyl sites for hydroxylation is 2. The summed E-state index contributed by atoms with van der Waals surface area (Å²) in [5.41, 5.74) is 3.94. The predicted molar refractivity (Wildman–Crippen MR) is 93.8 cm³/mol. The Morgan fingerprint density at radius 2 is 2.00 bits per heavy atom. The summed E-state index contributed by atoms with van der Waals surface area (Å²) in [6, 6.07) is 11.7. The van der Waals surface area contributed by atoms with Crippen LogP contribution in [0.5, 0.6) is 5.75 Å². The maximum Gasteiger partial charge on any atom is 0.193 e. The molecule has 3 nitrogen and oxygen atoms in total. The van der Waals surface area contributed by atoms with Crippen molar-refractivity contribution < 1.29 is 14.6 Å². The van der Waals surface area contributed by atoms with Crippen LogP contribution in [-0.4, -0.2) is 10.2 Å². The maximum absolute atomic E-state index is 11.8. The molecule has 0 unspecified atom stereocenters. The van der Waals surface area contributed by atoms with Crippen LogP contribution >= 0.6 is 11.8 Å². The summed E-state index contributed by atoms with van der Waals surface area (Å²) < 4.78 is 5.94. The summed E-state index contributed by atoms with van der Waals surface area (Å²) in [6.45, 7) is 6.16. The third-order valence-corrected chi connectivity index (χ3v) is 4.73. The molecule has 2 rings (SSSR count). The average Bonchev–Trinajstić information content (AvgIpc) is 2.54. The van der Waals surface area contributed by atoms with Crippen molar-refractivity contribution in [3.8, 4) is 5.75 Å². The quantitative estimate of drug-likeness (QED) is 0.797. The number of thioether (sulfide) groups is 1. The van der Waals surface area contributed by atoms with Crippen molar-refractivity contribution in [1.29, 1.82) is 0 Å². The van der Waals surface area contributed by atoms with Gasteiger partial charge in [0, 0.05) is 16.9 Å². The van der Waals surface area contributed by atoms with E-state index in [0.717, 1.165) is 27.3 Å². The fraction of sp³-hybridized carbons (Fsp3) is 0.316. The van der Waals surface area contributed by atoms with E-state index in [-0.39, 0.29) is 11.7 Å². The molecule has 0 aliphatic carbocycles. The first-order valence-electron chi connectivity index (χ1n) is 7.67. The van der Waals surface area contributed by atoms with Crippen LogP contribution in [0.2, 0.25) is 0 Å². The van der Waals surface area contributed by atoms with E-state index in [9.17, 15) is 9.90 Å². The zero-order valence-corrected chi connectivity index (χ0v) is 14.6. The molecule has 0 aromatic heterocycles. The van der Waals surface area contributed by atoms with E-state index in [2.05, 4.69) is 6.07 Å². The van der Waals surface area contributed by atoms with Crippen LogP contribution in [0.3, 0.4) is 0 Å². The highest BCUT2D eigenvalue weighted by Gasteiger charge is 2.13. The van der Waals surface area contributed by atoms with Gasteiger partial charge in [0.2, 0.25) is 0 Å². The van der Waals surface area contributed by atoms with Crippen molar-refractivity contribution in [3.63, 3.8) is 0 Å². The molecule has 122 valence electrons. The lowest BCUT2D eigenvalue weighted by Crippen LogP contribution is -2.04. The van der Waals surface area contributed by atoms with Gasteiger partial charge in [0.1, 0.15) is 12.4 Å². The van der Waals surface area contributed by atoms with E-state index in [0.29, 0.717) is 13.0 Å². The fourth-order valence-corrected chi connectivity index (χ4v) is 3.17. The van der Waals surface area contributed by atoms with Crippen LogP contribution < -0.4 is 4.74 Å². The topological polar surface area (TPSA) is 46.5 Å². The summed E-state index contributed by atoms with van der Waals surface area (Å²) >= 11 is 1.21. The van der Waals surface area contributed by atoms with Crippen LogP contribution in [0.25, 0.3) is 0 Å². The molecule has 0 spiro atoms. The van der Waals surface area contributed by atoms with Crippen molar-refractivity contribution in [3.05, 3.63) is 58.7 Å². The molecule has 0 aliphatic heterocycles. The lowest BCUT2D eigenvalue weighted by atomic mass is 10.1. The zero-order chi connectivity index (χ0) is 16.8. The lowest BCUT2D eigenvalue weighted by Gasteiger charge is -2.15. The molecule has 0 fully saturated rings. The number of rotatable bonds is 6. The minimum Gasteiger partial charge on any atom is -0.489 e. The van der Waals surface area contributed by atoms with E-state index >= 15 is 0 Å². The van der Waals surface area contributed by atoms with Crippen LogP contribution in [0.1, 0.15) is 35.6 Å². The number of ether oxygens (including phenoxy) is 1. The van der Waals surface area contributed by atoms with Gasteiger partial charge >= 0.3 is 0 Å². The summed E-state index contributed by atoms with van der Waals surface area (Å²) in [7, 11) is 0. The van der Waals surface area contributed by atoms with Gasteiger partial charge in [-0.15, -0.1) is 0 Å². The second-order valence-corrected chi connectivity index (χ2v) is 6.54. The molecule has 4 heteroatoms. The Hall–Kier alpha value is -1.78. The van der Waals surface area contributed by atoms with E-state index in [1.807, 2.05) is 51.1 Å². The van der Waals surface area contributed by atoms with Crippen molar-refractivity contribution in [2.45, 2.75) is 45.3 Å². The van der Waals surface area contributed by atoms with E-state index < -0.39 is 0 Å². The number of hydrogen-bond acceptors (Lipinski definition) is 4. The van der Waals surface area contributed by atoms with Gasteiger partial charge < -0.3 is 9.84 Å². The minimum absolute atomic E-state index is 0.0692. The monoisotopic (exact) mass is 330 g/mol. The molecule has 0 amide bonds. The molecule has 0 saturated heterocycles. The highest BCUT2D eigenvalue weighted by molar-refractivity contribution is 8.13. The van der Waals surface area contributed by atoms with Crippen molar-refractivity contribution in [1.82, 2.24) is 0 Å². The Bertz CT molecular complexity index is 695. The molecule has 0 aliphatic rings. The standard InChI is InChI=1S/C19H22O3S/c1-4-19(21)23-18-7-5-6-15(11-20)16(18)12-22-17-9-8-13(2)10-14(17)3/h5-10,20H,4,11-12H2,1-3H3. The number of carbonyl (C=O) groups is 1. The second-order valence-electron chi connectivity index (χ2n) is 5.44. The zero-order valence-electron chi connectivity index (χ0n) is 13.8. The summed E-state index contributed by atoms with van der Waals surface area (Å²) in [6.07, 6.45) is 0.478. The smallest absolute Gasteiger partial charge is 0.193 e. The summed E-state index contributed by atoms with van der Waals surface area (Å²) in [5, 5.41) is 9.68. The third-order valence-electron chi connectivity index (χ3n) is 3.62. The summed E-state index contributed by atoms with van der Waals surface area (Å²) in [5.74, 6) is 0.820. The van der Waals surface area contributed by atoms with Crippen molar-refractivity contribution >= 4 is 16.9 Å². The van der Waals surface area contributed by atoms with Crippen LogP contribution in [0, 0.1) is 13.8 Å². The molecule has 0 saturated carbocycles. The van der Waals surface area contributed by atoms with Gasteiger partial charge in [-0.1, -0.05) is 48.5 Å². The molecule has 2 aromatic rings.